The molecule has 0 unspecified atom stereocenters. The van der Waals surface area contributed by atoms with Crippen LogP contribution in [0.5, 0.6) is 5.75 Å². The molecule has 1 heterocycles. The Kier molecular flexibility index (Phi) is 3.94. The highest BCUT2D eigenvalue weighted by Gasteiger charge is 2.34. The number of aliphatic hydroxyl groups is 1. The first-order chi connectivity index (χ1) is 8.80. The molecule has 1 aliphatic rings. The number of ether oxygens (including phenoxy) is 2. The lowest BCUT2D eigenvalue weighted by Gasteiger charge is -2.32. The van der Waals surface area contributed by atoms with Crippen LogP contribution in [0.2, 0.25) is 5.02 Å². The van der Waals surface area contributed by atoms with Crippen LogP contribution < -0.4 is 4.74 Å². The number of alkyl halides is 3. The van der Waals surface area contributed by atoms with Crippen LogP contribution in [0.25, 0.3) is 0 Å². The van der Waals surface area contributed by atoms with Gasteiger partial charge in [0.1, 0.15) is 5.75 Å². The van der Waals surface area contributed by atoms with E-state index in [-0.39, 0.29) is 5.02 Å². The molecule has 0 bridgehead atoms. The Morgan fingerprint density at radius 3 is 2.42 bits per heavy atom. The summed E-state index contributed by atoms with van der Waals surface area (Å²) in [5.41, 5.74) is -0.645. The molecule has 7 heteroatoms. The molecule has 19 heavy (non-hydrogen) atoms. The lowest BCUT2D eigenvalue weighted by molar-refractivity contribution is -0.274. The fourth-order valence-electron chi connectivity index (χ4n) is 2.00. The maximum Gasteiger partial charge on any atom is 0.573 e. The highest BCUT2D eigenvalue weighted by molar-refractivity contribution is 6.32. The fraction of sp³-hybridized carbons (Fsp3) is 0.500. The summed E-state index contributed by atoms with van der Waals surface area (Å²) in [6.07, 6.45) is -4.04. The number of halogens is 4. The predicted molar refractivity (Wildman–Crippen MR) is 62.1 cm³/mol. The average Bonchev–Trinajstić information content (AvgIpc) is 2.31. The minimum atomic E-state index is -4.79. The van der Waals surface area contributed by atoms with Gasteiger partial charge in [-0.1, -0.05) is 17.7 Å². The number of hydrogen-bond donors (Lipinski definition) is 1. The Labute approximate surface area is 112 Å². The van der Waals surface area contributed by atoms with Gasteiger partial charge in [-0.15, -0.1) is 13.2 Å². The lowest BCUT2D eigenvalue weighted by Crippen LogP contribution is -2.33. The van der Waals surface area contributed by atoms with E-state index in [0.29, 0.717) is 31.6 Å². The van der Waals surface area contributed by atoms with Crippen LogP contribution in [-0.2, 0) is 10.3 Å². The zero-order chi connectivity index (χ0) is 14.1. The summed E-state index contributed by atoms with van der Waals surface area (Å²) in [5.74, 6) is -0.478. The second-order valence-electron chi connectivity index (χ2n) is 4.34. The van der Waals surface area contributed by atoms with Gasteiger partial charge >= 0.3 is 6.36 Å². The zero-order valence-electron chi connectivity index (χ0n) is 9.84. The van der Waals surface area contributed by atoms with Gasteiger partial charge in [0.05, 0.1) is 10.6 Å². The van der Waals surface area contributed by atoms with Crippen LogP contribution in [0.1, 0.15) is 18.4 Å². The molecule has 3 nitrogen and oxygen atoms in total. The first-order valence-corrected chi connectivity index (χ1v) is 6.04. The quantitative estimate of drug-likeness (QED) is 0.910. The van der Waals surface area contributed by atoms with E-state index in [9.17, 15) is 18.3 Å². The van der Waals surface area contributed by atoms with Crippen LogP contribution in [-0.4, -0.2) is 24.7 Å². The van der Waals surface area contributed by atoms with Crippen molar-refractivity contribution in [1.82, 2.24) is 0 Å². The van der Waals surface area contributed by atoms with Crippen molar-refractivity contribution in [3.63, 3.8) is 0 Å². The maximum absolute atomic E-state index is 12.1. The van der Waals surface area contributed by atoms with Crippen molar-refractivity contribution in [2.45, 2.75) is 24.8 Å². The Morgan fingerprint density at radius 1 is 1.26 bits per heavy atom. The third-order valence-corrected chi connectivity index (χ3v) is 3.31. The van der Waals surface area contributed by atoms with Crippen LogP contribution in [0, 0.1) is 0 Å². The Morgan fingerprint density at radius 2 is 1.89 bits per heavy atom. The van der Waals surface area contributed by atoms with Gasteiger partial charge in [0.2, 0.25) is 0 Å². The largest absolute Gasteiger partial charge is 0.573 e. The first kappa shape index (κ1) is 14.4. The first-order valence-electron chi connectivity index (χ1n) is 5.66. The highest BCUT2D eigenvalue weighted by atomic mass is 35.5. The summed E-state index contributed by atoms with van der Waals surface area (Å²) >= 11 is 5.75. The molecule has 1 N–H and O–H groups in total. The summed E-state index contributed by atoms with van der Waals surface area (Å²) in [6, 6.07) is 3.80. The van der Waals surface area contributed by atoms with Gasteiger partial charge in [0, 0.05) is 26.1 Å². The Balaban J connectivity index is 2.23. The molecule has 0 aromatic heterocycles. The van der Waals surface area contributed by atoms with Gasteiger partial charge in [-0.2, -0.15) is 0 Å². The molecule has 106 valence electrons. The third kappa shape index (κ3) is 3.52. The molecular weight excluding hydrogens is 285 g/mol. The normalized spacial score (nSPS) is 19.2. The van der Waals surface area contributed by atoms with Crippen LogP contribution in [0.4, 0.5) is 13.2 Å². The number of hydrogen-bond acceptors (Lipinski definition) is 3. The van der Waals surface area contributed by atoms with Crippen molar-refractivity contribution < 1.29 is 27.8 Å². The second-order valence-corrected chi connectivity index (χ2v) is 4.74. The van der Waals surface area contributed by atoms with Crippen molar-refractivity contribution in [2.75, 3.05) is 13.2 Å². The summed E-state index contributed by atoms with van der Waals surface area (Å²) in [4.78, 5) is 0. The molecule has 0 saturated carbocycles. The molecular formula is C12H12ClF3O3. The SMILES string of the molecule is OC1(c2ccc(OC(F)(F)F)c(Cl)c2)CCOCC1. The topological polar surface area (TPSA) is 38.7 Å². The van der Waals surface area contributed by atoms with Crippen molar-refractivity contribution in [3.05, 3.63) is 28.8 Å². The maximum atomic E-state index is 12.1. The average molecular weight is 297 g/mol. The molecule has 1 aliphatic heterocycles. The van der Waals surface area contributed by atoms with E-state index >= 15 is 0 Å². The van der Waals surface area contributed by atoms with E-state index in [4.69, 9.17) is 16.3 Å². The molecule has 0 radical (unpaired) electrons. The molecule has 0 amide bonds. The van der Waals surface area contributed by atoms with E-state index in [1.54, 1.807) is 0 Å². The molecule has 0 spiro atoms. The van der Waals surface area contributed by atoms with E-state index in [1.165, 1.54) is 12.1 Å². The molecule has 1 fully saturated rings. The fourth-order valence-corrected chi connectivity index (χ4v) is 2.21. The summed E-state index contributed by atoms with van der Waals surface area (Å²) in [6.45, 7) is 0.795. The van der Waals surface area contributed by atoms with Crippen molar-refractivity contribution in [3.8, 4) is 5.75 Å². The predicted octanol–water partition coefficient (Wildman–Crippen LogP) is 3.24. The van der Waals surface area contributed by atoms with E-state index in [1.807, 2.05) is 0 Å². The lowest BCUT2D eigenvalue weighted by atomic mass is 9.86. The summed E-state index contributed by atoms with van der Waals surface area (Å²) in [5, 5.41) is 10.2. The molecule has 1 aromatic carbocycles. The van der Waals surface area contributed by atoms with Gasteiger partial charge in [-0.05, 0) is 17.7 Å². The Bertz CT molecular complexity index is 456. The highest BCUT2D eigenvalue weighted by Crippen LogP contribution is 2.37. The number of rotatable bonds is 2. The van der Waals surface area contributed by atoms with E-state index in [0.717, 1.165) is 6.07 Å². The van der Waals surface area contributed by atoms with Crippen molar-refractivity contribution in [2.24, 2.45) is 0 Å². The van der Waals surface area contributed by atoms with Gasteiger partial charge in [-0.3, -0.25) is 0 Å². The van der Waals surface area contributed by atoms with E-state index < -0.39 is 17.7 Å². The standard InChI is InChI=1S/C12H12ClF3O3/c13-9-7-8(11(17)3-5-18-6-4-11)1-2-10(9)19-12(14,15)16/h1-2,7,17H,3-6H2. The number of benzene rings is 1. The molecule has 1 saturated heterocycles. The second kappa shape index (κ2) is 5.19. The van der Waals surface area contributed by atoms with E-state index in [2.05, 4.69) is 4.74 Å². The summed E-state index contributed by atoms with van der Waals surface area (Å²) < 4.78 is 45.2. The summed E-state index contributed by atoms with van der Waals surface area (Å²) in [7, 11) is 0. The van der Waals surface area contributed by atoms with Gasteiger partial charge in [0.25, 0.3) is 0 Å². The van der Waals surface area contributed by atoms with Gasteiger partial charge < -0.3 is 14.6 Å². The molecule has 1 aromatic rings. The minimum absolute atomic E-state index is 0.185. The molecule has 0 atom stereocenters. The van der Waals surface area contributed by atoms with Gasteiger partial charge in [-0.25, -0.2) is 0 Å². The van der Waals surface area contributed by atoms with Gasteiger partial charge in [0.15, 0.2) is 0 Å². The van der Waals surface area contributed by atoms with Crippen molar-refractivity contribution in [1.29, 1.82) is 0 Å². The Hall–Kier alpha value is -0.980. The van der Waals surface area contributed by atoms with Crippen molar-refractivity contribution >= 4 is 11.6 Å². The third-order valence-electron chi connectivity index (χ3n) is 3.01. The minimum Gasteiger partial charge on any atom is -0.404 e. The molecule has 0 aliphatic carbocycles. The monoisotopic (exact) mass is 296 g/mol. The smallest absolute Gasteiger partial charge is 0.404 e. The van der Waals surface area contributed by atoms with Crippen LogP contribution in [0.3, 0.4) is 0 Å². The van der Waals surface area contributed by atoms with Crippen LogP contribution in [0.15, 0.2) is 18.2 Å². The molecule has 2 rings (SSSR count). The van der Waals surface area contributed by atoms with Crippen LogP contribution >= 0.6 is 11.6 Å². The zero-order valence-corrected chi connectivity index (χ0v) is 10.6.